The number of hydrogen-bond acceptors (Lipinski definition) is 3. The molecule has 6 heteroatoms. The first kappa shape index (κ1) is 17.8. The number of imidazole rings is 1. The normalized spacial score (nSPS) is 22.2. The Bertz CT molecular complexity index is 896. The number of rotatable bonds is 4. The molecule has 3 aliphatic heterocycles. The Kier molecular flexibility index (Phi) is 4.72. The molecule has 2 amide bonds. The van der Waals surface area contributed by atoms with Crippen LogP contribution in [0.1, 0.15) is 26.7 Å². The van der Waals surface area contributed by atoms with E-state index in [-0.39, 0.29) is 30.3 Å². The topological polar surface area (TPSA) is 58.4 Å². The van der Waals surface area contributed by atoms with Crippen molar-refractivity contribution < 1.29 is 9.59 Å². The highest BCUT2D eigenvalue weighted by Crippen LogP contribution is 2.29. The largest absolute Gasteiger partial charge is 0.338 e. The highest BCUT2D eigenvalue weighted by Gasteiger charge is 2.41. The molecule has 2 bridgehead atoms. The van der Waals surface area contributed by atoms with Gasteiger partial charge in [-0.05, 0) is 38.8 Å². The summed E-state index contributed by atoms with van der Waals surface area (Å²) in [6.07, 6.45) is 5.68. The zero-order valence-electron chi connectivity index (χ0n) is 16.0. The third kappa shape index (κ3) is 3.48. The zero-order valence-corrected chi connectivity index (χ0v) is 16.0. The molecule has 2 atom stereocenters. The van der Waals surface area contributed by atoms with E-state index in [1.807, 2.05) is 52.5 Å². The molecule has 4 heterocycles. The summed E-state index contributed by atoms with van der Waals surface area (Å²) in [7, 11) is 0. The maximum Gasteiger partial charge on any atom is 0.242 e. The van der Waals surface area contributed by atoms with Gasteiger partial charge >= 0.3 is 0 Å². The fourth-order valence-electron chi connectivity index (χ4n) is 4.15. The van der Waals surface area contributed by atoms with E-state index < -0.39 is 0 Å². The van der Waals surface area contributed by atoms with Crippen molar-refractivity contribution in [3.8, 4) is 0 Å². The van der Waals surface area contributed by atoms with E-state index in [2.05, 4.69) is 11.1 Å². The minimum atomic E-state index is -0.0715. The minimum Gasteiger partial charge on any atom is -0.338 e. The number of fused-ring (bicyclic) bond motifs is 5. The lowest BCUT2D eigenvalue weighted by Crippen LogP contribution is -2.48. The Morgan fingerprint density at radius 2 is 2.04 bits per heavy atom. The lowest BCUT2D eigenvalue weighted by Gasteiger charge is -2.35. The van der Waals surface area contributed by atoms with E-state index in [0.717, 1.165) is 23.9 Å². The Morgan fingerprint density at radius 1 is 1.22 bits per heavy atom. The molecule has 2 unspecified atom stereocenters. The minimum absolute atomic E-state index is 0.0620. The number of hydrogen-bond donors (Lipinski definition) is 0. The van der Waals surface area contributed by atoms with Crippen molar-refractivity contribution in [1.82, 2.24) is 19.4 Å². The quantitative estimate of drug-likeness (QED) is 0.781. The maximum atomic E-state index is 13.0. The van der Waals surface area contributed by atoms with Gasteiger partial charge in [0.25, 0.3) is 0 Å². The molecule has 0 radical (unpaired) electrons. The molecule has 3 saturated heterocycles. The van der Waals surface area contributed by atoms with Crippen LogP contribution in [0.25, 0.3) is 11.0 Å². The van der Waals surface area contributed by atoms with Crippen molar-refractivity contribution in [2.45, 2.75) is 39.3 Å². The van der Waals surface area contributed by atoms with Gasteiger partial charge in [0.2, 0.25) is 11.8 Å². The zero-order chi connectivity index (χ0) is 19.0. The number of benzene rings is 1. The van der Waals surface area contributed by atoms with Crippen LogP contribution in [0, 0.1) is 5.92 Å². The summed E-state index contributed by atoms with van der Waals surface area (Å²) < 4.78 is 1.90. The molecule has 2 aromatic rings. The first-order valence-electron chi connectivity index (χ1n) is 9.64. The van der Waals surface area contributed by atoms with Crippen molar-refractivity contribution in [3.63, 3.8) is 0 Å². The van der Waals surface area contributed by atoms with Crippen molar-refractivity contribution in [1.29, 1.82) is 0 Å². The van der Waals surface area contributed by atoms with Gasteiger partial charge in [0, 0.05) is 25.7 Å². The van der Waals surface area contributed by atoms with E-state index in [4.69, 9.17) is 0 Å². The smallest absolute Gasteiger partial charge is 0.242 e. The van der Waals surface area contributed by atoms with Crippen LogP contribution in [0.2, 0.25) is 0 Å². The first-order chi connectivity index (χ1) is 13.0. The number of carbonyl (C=O) groups is 2. The van der Waals surface area contributed by atoms with Crippen molar-refractivity contribution in [2.24, 2.45) is 5.92 Å². The maximum absolute atomic E-state index is 13.0. The lowest BCUT2D eigenvalue weighted by atomic mass is 9.94. The number of amides is 2. The van der Waals surface area contributed by atoms with E-state index >= 15 is 0 Å². The van der Waals surface area contributed by atoms with Crippen LogP contribution in [0.5, 0.6) is 0 Å². The summed E-state index contributed by atoms with van der Waals surface area (Å²) in [6, 6.07) is 7.95. The van der Waals surface area contributed by atoms with Crippen molar-refractivity contribution in [3.05, 3.63) is 42.2 Å². The van der Waals surface area contributed by atoms with Gasteiger partial charge < -0.3 is 14.4 Å². The van der Waals surface area contributed by atoms with Crippen molar-refractivity contribution in [2.75, 3.05) is 19.6 Å². The number of piperidine rings is 1. The van der Waals surface area contributed by atoms with Gasteiger partial charge in [-0.25, -0.2) is 4.98 Å². The molecule has 1 aromatic carbocycles. The van der Waals surface area contributed by atoms with Crippen molar-refractivity contribution >= 4 is 22.8 Å². The van der Waals surface area contributed by atoms with E-state index in [1.54, 1.807) is 6.33 Å². The molecule has 142 valence electrons. The second-order valence-electron chi connectivity index (χ2n) is 7.86. The van der Waals surface area contributed by atoms with Gasteiger partial charge in [0.15, 0.2) is 0 Å². The second kappa shape index (κ2) is 7.18. The number of allylic oxidation sites excluding steroid dienone is 1. The monoisotopic (exact) mass is 366 g/mol. The molecular formula is C21H26N4O2. The summed E-state index contributed by atoms with van der Waals surface area (Å²) in [4.78, 5) is 34.0. The van der Waals surface area contributed by atoms with Gasteiger partial charge in [-0.15, -0.1) is 0 Å². The van der Waals surface area contributed by atoms with Crippen LogP contribution >= 0.6 is 0 Å². The summed E-state index contributed by atoms with van der Waals surface area (Å²) in [5.41, 5.74) is 3.07. The fraction of sp³-hybridized carbons (Fsp3) is 0.476. The van der Waals surface area contributed by atoms with Crippen LogP contribution in [-0.4, -0.2) is 56.8 Å². The van der Waals surface area contributed by atoms with Crippen LogP contribution in [0.15, 0.2) is 42.2 Å². The molecule has 3 aliphatic rings. The van der Waals surface area contributed by atoms with Crippen LogP contribution in [-0.2, 0) is 16.1 Å². The summed E-state index contributed by atoms with van der Waals surface area (Å²) in [5, 5.41) is 0. The van der Waals surface area contributed by atoms with Gasteiger partial charge in [-0.2, -0.15) is 0 Å². The molecular weight excluding hydrogens is 340 g/mol. The summed E-state index contributed by atoms with van der Waals surface area (Å²) in [5.74, 6) is 0.192. The Labute approximate surface area is 159 Å². The molecule has 0 N–H and O–H groups in total. The standard InChI is InChI=1S/C21H26N4O2/c1-15(2)9-10-25-17-8-7-16(21(25)27)11-23(12-17)20(26)13-24-14-22-18-5-3-4-6-19(18)24/h3-6,9,14,16-17H,7-8,10-13H2,1-2H3. The van der Waals surface area contributed by atoms with Gasteiger partial charge in [-0.1, -0.05) is 23.8 Å². The Balaban J connectivity index is 1.50. The third-order valence-electron chi connectivity index (χ3n) is 5.68. The number of carbonyl (C=O) groups excluding carboxylic acids is 2. The van der Waals surface area contributed by atoms with Gasteiger partial charge in [-0.3, -0.25) is 9.59 Å². The predicted molar refractivity (Wildman–Crippen MR) is 104 cm³/mol. The Morgan fingerprint density at radius 3 is 2.85 bits per heavy atom. The molecule has 0 aliphatic carbocycles. The predicted octanol–water partition coefficient (Wildman–Crippen LogP) is 2.45. The highest BCUT2D eigenvalue weighted by atomic mass is 16.2. The van der Waals surface area contributed by atoms with Crippen LogP contribution in [0.3, 0.4) is 0 Å². The van der Waals surface area contributed by atoms with E-state index in [9.17, 15) is 9.59 Å². The lowest BCUT2D eigenvalue weighted by molar-refractivity contribution is -0.139. The molecule has 0 spiro atoms. The number of aromatic nitrogens is 2. The van der Waals surface area contributed by atoms with E-state index in [0.29, 0.717) is 19.6 Å². The summed E-state index contributed by atoms with van der Waals surface area (Å²) >= 11 is 0. The molecule has 3 fully saturated rings. The summed E-state index contributed by atoms with van der Waals surface area (Å²) in [6.45, 7) is 6.17. The van der Waals surface area contributed by atoms with Crippen LogP contribution < -0.4 is 0 Å². The average Bonchev–Trinajstić information content (AvgIpc) is 2.85. The number of nitrogens with zero attached hydrogens (tertiary/aromatic N) is 4. The first-order valence-corrected chi connectivity index (χ1v) is 9.64. The third-order valence-corrected chi connectivity index (χ3v) is 5.68. The van der Waals surface area contributed by atoms with Gasteiger partial charge in [0.1, 0.15) is 6.54 Å². The molecule has 27 heavy (non-hydrogen) atoms. The fourth-order valence-corrected chi connectivity index (χ4v) is 4.15. The Hall–Kier alpha value is -2.63. The molecule has 1 aromatic heterocycles. The molecule has 0 saturated carbocycles. The number of para-hydroxylation sites is 2. The molecule has 5 rings (SSSR count). The van der Waals surface area contributed by atoms with Crippen LogP contribution in [0.4, 0.5) is 0 Å². The second-order valence-corrected chi connectivity index (χ2v) is 7.86. The van der Waals surface area contributed by atoms with Gasteiger partial charge in [0.05, 0.1) is 23.3 Å². The molecule has 6 nitrogen and oxygen atoms in total. The highest BCUT2D eigenvalue weighted by molar-refractivity contribution is 5.84. The van der Waals surface area contributed by atoms with E-state index in [1.165, 1.54) is 5.57 Å². The average molecular weight is 366 g/mol. The SMILES string of the molecule is CC(C)=CCN1C(=O)C2CCC1CN(C(=O)Cn1cnc3ccccc31)C2.